The summed E-state index contributed by atoms with van der Waals surface area (Å²) in [5.74, 6) is -2.31. The molecular weight excluding hydrogens is 723 g/mol. The fourth-order valence-electron chi connectivity index (χ4n) is 8.03. The fraction of sp³-hybridized carbons (Fsp3) is 0.415. The van der Waals surface area contributed by atoms with Gasteiger partial charge in [0.2, 0.25) is 11.8 Å². The number of benzene rings is 2. The van der Waals surface area contributed by atoms with Gasteiger partial charge in [-0.15, -0.1) is 0 Å². The minimum absolute atomic E-state index is 0.0111. The zero-order valence-electron chi connectivity index (χ0n) is 31.9. The second-order valence-electron chi connectivity index (χ2n) is 15.1. The van der Waals surface area contributed by atoms with E-state index in [0.29, 0.717) is 63.1 Å². The summed E-state index contributed by atoms with van der Waals surface area (Å²) in [4.78, 5) is 70.1. The molecule has 4 atom stereocenters. The van der Waals surface area contributed by atoms with Crippen molar-refractivity contribution in [2.75, 3.05) is 11.9 Å². The van der Waals surface area contributed by atoms with Crippen molar-refractivity contribution in [3.63, 3.8) is 0 Å². The molecular formula is C41H45FN6O8. The van der Waals surface area contributed by atoms with E-state index in [9.17, 15) is 29.1 Å². The van der Waals surface area contributed by atoms with E-state index in [4.69, 9.17) is 20.2 Å². The second kappa shape index (κ2) is 14.8. The molecule has 3 aliphatic rings. The summed E-state index contributed by atoms with van der Waals surface area (Å²) >= 11 is 0. The number of cyclic esters (lactones) is 1. The molecule has 4 unspecified atom stereocenters. The Morgan fingerprint density at radius 1 is 1.11 bits per heavy atom. The normalized spacial score (nSPS) is 19.0. The van der Waals surface area contributed by atoms with Gasteiger partial charge in [-0.1, -0.05) is 32.9 Å². The predicted molar refractivity (Wildman–Crippen MR) is 204 cm³/mol. The third kappa shape index (κ3) is 6.57. The number of carbonyl (C=O) groups excluding carboxylic acids is 4. The maximum atomic E-state index is 15.3. The smallest absolute Gasteiger partial charge is 0.407 e. The largest absolute Gasteiger partial charge is 0.458 e. The van der Waals surface area contributed by atoms with Crippen LogP contribution in [0.3, 0.4) is 0 Å². The maximum absolute atomic E-state index is 15.3. The summed E-state index contributed by atoms with van der Waals surface area (Å²) in [5.41, 5.74) is 8.57. The van der Waals surface area contributed by atoms with Gasteiger partial charge in [0.1, 0.15) is 25.1 Å². The number of esters is 1. The number of aryl methyl sites for hydroxylation is 1. The van der Waals surface area contributed by atoms with E-state index < -0.39 is 52.9 Å². The van der Waals surface area contributed by atoms with E-state index in [-0.39, 0.29) is 55.7 Å². The van der Waals surface area contributed by atoms with Crippen LogP contribution in [-0.2, 0) is 55.6 Å². The van der Waals surface area contributed by atoms with E-state index in [1.807, 2.05) is 13.8 Å². The highest BCUT2D eigenvalue weighted by Gasteiger charge is 2.46. The molecule has 56 heavy (non-hydrogen) atoms. The van der Waals surface area contributed by atoms with Crippen LogP contribution >= 0.6 is 0 Å². The van der Waals surface area contributed by atoms with Gasteiger partial charge >= 0.3 is 12.1 Å². The summed E-state index contributed by atoms with van der Waals surface area (Å²) in [6.07, 6.45) is 0.184. The lowest BCUT2D eigenvalue weighted by Gasteiger charge is -2.31. The van der Waals surface area contributed by atoms with Crippen LogP contribution in [0.2, 0.25) is 0 Å². The molecule has 0 spiro atoms. The highest BCUT2D eigenvalue weighted by Crippen LogP contribution is 2.46. The van der Waals surface area contributed by atoms with Crippen LogP contribution in [0.25, 0.3) is 22.3 Å². The van der Waals surface area contributed by atoms with Gasteiger partial charge in [0.15, 0.2) is 5.60 Å². The molecule has 2 aromatic heterocycles. The lowest BCUT2D eigenvalue weighted by molar-refractivity contribution is -0.172. The number of amides is 3. The number of alkyl carbamates (subject to hydrolysis) is 1. The number of nitrogens with two attached hydrogens (primary N) is 1. The van der Waals surface area contributed by atoms with Crippen molar-refractivity contribution in [1.82, 2.24) is 20.2 Å². The lowest BCUT2D eigenvalue weighted by Crippen LogP contribution is -2.46. The SMILES string of the molecule is CCC1(O)C(=O)OCc2c1cc1n(c2=O)Cc2c-1nc1cc(F)c(C)c3c1c2C(NC(=O)OCc1ccc(NC(=O)C(C)NC(=O)C(CN)C(C)C)cc1)CC3. The van der Waals surface area contributed by atoms with Gasteiger partial charge in [0, 0.05) is 34.8 Å². The van der Waals surface area contributed by atoms with Crippen LogP contribution < -0.4 is 27.2 Å². The van der Waals surface area contributed by atoms with E-state index in [0.717, 1.165) is 5.56 Å². The minimum atomic E-state index is -2.01. The number of hydrogen-bond acceptors (Lipinski definition) is 10. The van der Waals surface area contributed by atoms with Crippen LogP contribution in [0, 0.1) is 24.6 Å². The number of pyridine rings is 2. The summed E-state index contributed by atoms with van der Waals surface area (Å²) in [6.45, 7) is 8.65. The van der Waals surface area contributed by atoms with Crippen LogP contribution in [0.15, 0.2) is 41.2 Å². The number of rotatable bonds is 10. The molecule has 1 aliphatic carbocycles. The number of aliphatic hydroxyl groups is 1. The van der Waals surface area contributed by atoms with Gasteiger partial charge in [-0.3, -0.25) is 14.4 Å². The first-order valence-corrected chi connectivity index (χ1v) is 18.8. The zero-order valence-corrected chi connectivity index (χ0v) is 31.9. The van der Waals surface area contributed by atoms with E-state index in [1.165, 1.54) is 10.6 Å². The lowest BCUT2D eigenvalue weighted by atomic mass is 9.81. The monoisotopic (exact) mass is 768 g/mol. The van der Waals surface area contributed by atoms with Crippen LogP contribution in [0.4, 0.5) is 14.9 Å². The van der Waals surface area contributed by atoms with Gasteiger partial charge in [-0.25, -0.2) is 19.0 Å². The van der Waals surface area contributed by atoms with E-state index >= 15 is 4.39 Å². The molecule has 4 aromatic rings. The van der Waals surface area contributed by atoms with Crippen molar-refractivity contribution in [3.8, 4) is 11.4 Å². The molecule has 0 fully saturated rings. The Labute approximate surface area is 322 Å². The average molecular weight is 769 g/mol. The third-order valence-corrected chi connectivity index (χ3v) is 11.4. The zero-order chi connectivity index (χ0) is 40.2. The summed E-state index contributed by atoms with van der Waals surface area (Å²) in [5, 5.41) is 20.5. The number of aromatic nitrogens is 2. The van der Waals surface area contributed by atoms with Crippen molar-refractivity contribution in [2.45, 2.75) is 91.3 Å². The number of carbonyl (C=O) groups is 4. The Hall–Kier alpha value is -5.67. The molecule has 0 radical (unpaired) electrons. The van der Waals surface area contributed by atoms with Crippen LogP contribution in [0.5, 0.6) is 0 Å². The first-order chi connectivity index (χ1) is 26.7. The van der Waals surface area contributed by atoms with Crippen LogP contribution in [-0.4, -0.2) is 51.1 Å². The first-order valence-electron chi connectivity index (χ1n) is 18.8. The predicted octanol–water partition coefficient (Wildman–Crippen LogP) is 4.11. The summed E-state index contributed by atoms with van der Waals surface area (Å²) in [6, 6.07) is 8.33. The molecule has 7 rings (SSSR count). The number of nitrogens with zero attached hydrogens (tertiary/aromatic N) is 2. The molecule has 15 heteroatoms. The van der Waals surface area contributed by atoms with Crippen LogP contribution in [0.1, 0.15) is 85.5 Å². The summed E-state index contributed by atoms with van der Waals surface area (Å²) < 4.78 is 27.6. The third-order valence-electron chi connectivity index (χ3n) is 11.4. The van der Waals surface area contributed by atoms with Crippen molar-refractivity contribution in [1.29, 1.82) is 0 Å². The van der Waals surface area contributed by atoms with E-state index in [2.05, 4.69) is 16.0 Å². The van der Waals surface area contributed by atoms with Gasteiger partial charge < -0.3 is 40.8 Å². The Bertz CT molecular complexity index is 2360. The van der Waals surface area contributed by atoms with Gasteiger partial charge in [0.25, 0.3) is 5.56 Å². The maximum Gasteiger partial charge on any atom is 0.407 e. The van der Waals surface area contributed by atoms with Crippen molar-refractivity contribution < 1.29 is 38.1 Å². The Kier molecular flexibility index (Phi) is 10.2. The van der Waals surface area contributed by atoms with E-state index in [1.54, 1.807) is 51.1 Å². The van der Waals surface area contributed by atoms with Gasteiger partial charge in [0.05, 0.1) is 41.0 Å². The Morgan fingerprint density at radius 2 is 1.84 bits per heavy atom. The number of hydrogen-bond donors (Lipinski definition) is 5. The molecule has 2 aliphatic heterocycles. The number of anilines is 1. The van der Waals surface area contributed by atoms with Crippen molar-refractivity contribution in [2.24, 2.45) is 17.6 Å². The molecule has 0 bridgehead atoms. The van der Waals surface area contributed by atoms with Crippen molar-refractivity contribution >= 4 is 40.5 Å². The highest BCUT2D eigenvalue weighted by molar-refractivity contribution is 5.97. The Balaban J connectivity index is 1.10. The van der Waals surface area contributed by atoms with Crippen molar-refractivity contribution in [3.05, 3.63) is 91.5 Å². The molecule has 0 saturated carbocycles. The number of fused-ring (bicyclic) bond motifs is 5. The molecule has 14 nitrogen and oxygen atoms in total. The minimum Gasteiger partial charge on any atom is -0.458 e. The first kappa shape index (κ1) is 38.6. The fourth-order valence-corrected chi connectivity index (χ4v) is 8.03. The Morgan fingerprint density at radius 3 is 2.52 bits per heavy atom. The highest BCUT2D eigenvalue weighted by atomic mass is 19.1. The topological polar surface area (TPSA) is 204 Å². The molecule has 2 aromatic carbocycles. The summed E-state index contributed by atoms with van der Waals surface area (Å²) in [7, 11) is 0. The molecule has 4 heterocycles. The number of halogens is 1. The molecule has 0 saturated heterocycles. The number of ether oxygens (including phenoxy) is 2. The standard InChI is InChI=1S/C41H45FN6O8/c1-6-41(54)28-13-32-35-26(16-48(32)38(51)27(28)18-55-39(41)52)34-30(12-11-24-20(4)29(42)14-31(46-35)33(24)34)47-40(53)56-17-22-7-9-23(10-8-22)45-36(49)21(5)44-37(50)25(15-43)19(2)3/h7-10,13-14,19,21,25,30,54H,6,11-12,15-18,43H2,1-5H3,(H,44,50)(H,45,49)(H,47,53). The van der Waals surface area contributed by atoms with Gasteiger partial charge in [-0.2, -0.15) is 0 Å². The molecule has 6 N–H and O–H groups in total. The molecule has 3 amide bonds. The quantitative estimate of drug-likeness (QED) is 0.129. The average Bonchev–Trinajstić information content (AvgIpc) is 3.54. The molecule has 294 valence electrons. The second-order valence-corrected chi connectivity index (χ2v) is 15.1. The van der Waals surface area contributed by atoms with Gasteiger partial charge in [-0.05, 0) is 79.5 Å². The number of nitrogens with one attached hydrogen (secondary N) is 3.